The Morgan fingerprint density at radius 2 is 2.09 bits per heavy atom. The standard InChI is InChI=1S/C16H20N2O3S/c1-13-11-15(7-8-16(13)21-2)22(19,20)18-10-4-6-14-5-3-9-17-12-14/h3,5,7-9,11-12,18H,4,6,10H2,1-2H3. The zero-order valence-electron chi connectivity index (χ0n) is 12.7. The Kier molecular flexibility index (Phi) is 5.51. The zero-order chi connectivity index (χ0) is 16.0. The number of hydrogen-bond acceptors (Lipinski definition) is 4. The molecule has 2 aromatic rings. The Labute approximate surface area is 131 Å². The summed E-state index contributed by atoms with van der Waals surface area (Å²) in [4.78, 5) is 4.29. The van der Waals surface area contributed by atoms with Crippen molar-refractivity contribution in [1.29, 1.82) is 0 Å². The first kappa shape index (κ1) is 16.5. The number of pyridine rings is 1. The number of nitrogens with zero attached hydrogens (tertiary/aromatic N) is 1. The van der Waals surface area contributed by atoms with Gasteiger partial charge in [-0.2, -0.15) is 0 Å². The second-order valence-corrected chi connectivity index (χ2v) is 6.76. The van der Waals surface area contributed by atoms with Crippen LogP contribution < -0.4 is 9.46 Å². The van der Waals surface area contributed by atoms with Crippen molar-refractivity contribution in [3.63, 3.8) is 0 Å². The Balaban J connectivity index is 1.92. The molecule has 0 amide bonds. The van der Waals surface area contributed by atoms with E-state index < -0.39 is 10.0 Å². The Morgan fingerprint density at radius 3 is 2.73 bits per heavy atom. The van der Waals surface area contributed by atoms with Crippen LogP contribution in [0.1, 0.15) is 17.5 Å². The predicted molar refractivity (Wildman–Crippen MR) is 85.5 cm³/mol. The molecular weight excluding hydrogens is 300 g/mol. The van der Waals surface area contributed by atoms with Crippen LogP contribution in [0.3, 0.4) is 0 Å². The van der Waals surface area contributed by atoms with Gasteiger partial charge in [-0.25, -0.2) is 13.1 Å². The van der Waals surface area contributed by atoms with Gasteiger partial charge in [0.25, 0.3) is 0 Å². The van der Waals surface area contributed by atoms with Crippen LogP contribution in [0, 0.1) is 6.92 Å². The first-order chi connectivity index (χ1) is 10.5. The summed E-state index contributed by atoms with van der Waals surface area (Å²) >= 11 is 0. The van der Waals surface area contributed by atoms with E-state index in [1.165, 1.54) is 0 Å². The van der Waals surface area contributed by atoms with Gasteiger partial charge in [0.15, 0.2) is 0 Å². The SMILES string of the molecule is COc1ccc(S(=O)(=O)NCCCc2cccnc2)cc1C. The average molecular weight is 320 g/mol. The van der Waals surface area contributed by atoms with Gasteiger partial charge in [0.1, 0.15) is 5.75 Å². The van der Waals surface area contributed by atoms with Crippen molar-refractivity contribution in [2.24, 2.45) is 0 Å². The fourth-order valence-electron chi connectivity index (χ4n) is 2.15. The van der Waals surface area contributed by atoms with Crippen LogP contribution in [0.15, 0.2) is 47.6 Å². The minimum Gasteiger partial charge on any atom is -0.496 e. The third-order valence-corrected chi connectivity index (χ3v) is 4.79. The summed E-state index contributed by atoms with van der Waals surface area (Å²) in [6.07, 6.45) is 5.03. The first-order valence-corrected chi connectivity index (χ1v) is 8.54. The lowest BCUT2D eigenvalue weighted by Gasteiger charge is -2.09. The molecule has 1 N–H and O–H groups in total. The second kappa shape index (κ2) is 7.38. The summed E-state index contributed by atoms with van der Waals surface area (Å²) in [6, 6.07) is 8.69. The van der Waals surface area contributed by atoms with Gasteiger partial charge in [0.2, 0.25) is 10.0 Å². The molecule has 1 aromatic heterocycles. The molecule has 0 aliphatic heterocycles. The minimum atomic E-state index is -3.48. The topological polar surface area (TPSA) is 68.3 Å². The van der Waals surface area contributed by atoms with E-state index in [0.717, 1.165) is 24.0 Å². The van der Waals surface area contributed by atoms with E-state index in [9.17, 15) is 8.42 Å². The summed E-state index contributed by atoms with van der Waals surface area (Å²) < 4.78 is 32.2. The molecule has 0 atom stereocenters. The molecule has 0 fully saturated rings. The summed E-state index contributed by atoms with van der Waals surface area (Å²) in [5.41, 5.74) is 1.89. The summed E-state index contributed by atoms with van der Waals surface area (Å²) in [5, 5.41) is 0. The monoisotopic (exact) mass is 320 g/mol. The maximum atomic E-state index is 12.2. The molecule has 118 valence electrons. The largest absolute Gasteiger partial charge is 0.496 e. The minimum absolute atomic E-state index is 0.257. The lowest BCUT2D eigenvalue weighted by atomic mass is 10.2. The van der Waals surface area contributed by atoms with E-state index in [2.05, 4.69) is 9.71 Å². The van der Waals surface area contributed by atoms with Crippen molar-refractivity contribution in [2.45, 2.75) is 24.7 Å². The lowest BCUT2D eigenvalue weighted by Crippen LogP contribution is -2.25. The smallest absolute Gasteiger partial charge is 0.240 e. The Hall–Kier alpha value is -1.92. The number of aryl methyl sites for hydroxylation is 2. The second-order valence-electron chi connectivity index (χ2n) is 4.99. The van der Waals surface area contributed by atoms with Crippen LogP contribution in [0.25, 0.3) is 0 Å². The van der Waals surface area contributed by atoms with Crippen LogP contribution in [0.2, 0.25) is 0 Å². The van der Waals surface area contributed by atoms with E-state index >= 15 is 0 Å². The van der Waals surface area contributed by atoms with Gasteiger partial charge in [0, 0.05) is 18.9 Å². The summed E-state index contributed by atoms with van der Waals surface area (Å²) in [6.45, 7) is 2.21. The van der Waals surface area contributed by atoms with Crippen molar-refractivity contribution in [2.75, 3.05) is 13.7 Å². The van der Waals surface area contributed by atoms with Crippen LogP contribution in [-0.2, 0) is 16.4 Å². The van der Waals surface area contributed by atoms with Gasteiger partial charge in [-0.05, 0) is 55.2 Å². The fourth-order valence-corrected chi connectivity index (χ4v) is 3.31. The van der Waals surface area contributed by atoms with Crippen LogP contribution >= 0.6 is 0 Å². The summed E-state index contributed by atoms with van der Waals surface area (Å²) in [5.74, 6) is 0.676. The molecule has 22 heavy (non-hydrogen) atoms. The number of sulfonamides is 1. The third kappa shape index (κ3) is 4.29. The normalized spacial score (nSPS) is 11.4. The van der Waals surface area contributed by atoms with E-state index in [4.69, 9.17) is 4.74 Å². The maximum absolute atomic E-state index is 12.2. The zero-order valence-corrected chi connectivity index (χ0v) is 13.6. The number of hydrogen-bond donors (Lipinski definition) is 1. The molecule has 1 heterocycles. The van der Waals surface area contributed by atoms with E-state index in [-0.39, 0.29) is 4.90 Å². The average Bonchev–Trinajstić information content (AvgIpc) is 2.52. The molecule has 0 aliphatic rings. The molecule has 1 aromatic carbocycles. The molecule has 0 aliphatic carbocycles. The highest BCUT2D eigenvalue weighted by molar-refractivity contribution is 7.89. The van der Waals surface area contributed by atoms with Gasteiger partial charge in [-0.15, -0.1) is 0 Å². The number of benzene rings is 1. The quantitative estimate of drug-likeness (QED) is 0.795. The van der Waals surface area contributed by atoms with Crippen LogP contribution in [-0.4, -0.2) is 27.1 Å². The highest BCUT2D eigenvalue weighted by Crippen LogP contribution is 2.21. The van der Waals surface area contributed by atoms with Gasteiger partial charge >= 0.3 is 0 Å². The third-order valence-electron chi connectivity index (χ3n) is 3.33. The molecule has 0 unspecified atom stereocenters. The van der Waals surface area contributed by atoms with Gasteiger partial charge in [-0.1, -0.05) is 6.07 Å². The molecule has 2 rings (SSSR count). The Morgan fingerprint density at radius 1 is 1.27 bits per heavy atom. The molecule has 0 radical (unpaired) electrons. The number of ether oxygens (including phenoxy) is 1. The number of aromatic nitrogens is 1. The van der Waals surface area contributed by atoms with Crippen molar-refractivity contribution in [3.8, 4) is 5.75 Å². The molecule has 0 bridgehead atoms. The lowest BCUT2D eigenvalue weighted by molar-refractivity contribution is 0.411. The van der Waals surface area contributed by atoms with Crippen LogP contribution in [0.4, 0.5) is 0 Å². The first-order valence-electron chi connectivity index (χ1n) is 7.06. The predicted octanol–water partition coefficient (Wildman–Crippen LogP) is 2.31. The number of rotatable bonds is 7. The molecular formula is C16H20N2O3S. The number of methoxy groups -OCH3 is 1. The van der Waals surface area contributed by atoms with E-state index in [1.807, 2.05) is 19.1 Å². The molecule has 0 spiro atoms. The number of nitrogens with one attached hydrogen (secondary N) is 1. The van der Waals surface area contributed by atoms with Gasteiger partial charge in [0.05, 0.1) is 12.0 Å². The molecule has 0 saturated heterocycles. The van der Waals surface area contributed by atoms with Crippen molar-refractivity contribution < 1.29 is 13.2 Å². The highest BCUT2D eigenvalue weighted by atomic mass is 32.2. The Bertz CT molecular complexity index is 715. The van der Waals surface area contributed by atoms with Crippen LogP contribution in [0.5, 0.6) is 5.75 Å². The van der Waals surface area contributed by atoms with Crippen molar-refractivity contribution in [1.82, 2.24) is 9.71 Å². The molecule has 6 heteroatoms. The highest BCUT2D eigenvalue weighted by Gasteiger charge is 2.14. The van der Waals surface area contributed by atoms with E-state index in [1.54, 1.807) is 37.7 Å². The molecule has 5 nitrogen and oxygen atoms in total. The molecule has 0 saturated carbocycles. The van der Waals surface area contributed by atoms with Gasteiger partial charge < -0.3 is 4.74 Å². The van der Waals surface area contributed by atoms with E-state index in [0.29, 0.717) is 12.3 Å². The fraction of sp³-hybridized carbons (Fsp3) is 0.312. The maximum Gasteiger partial charge on any atom is 0.240 e. The van der Waals surface area contributed by atoms with Gasteiger partial charge in [-0.3, -0.25) is 4.98 Å². The van der Waals surface area contributed by atoms with Crippen molar-refractivity contribution >= 4 is 10.0 Å². The summed E-state index contributed by atoms with van der Waals surface area (Å²) in [7, 11) is -1.92. The van der Waals surface area contributed by atoms with Crippen molar-refractivity contribution in [3.05, 3.63) is 53.9 Å².